The molecular formula is C25H28N4O2. The number of imidazole rings is 1. The molecule has 1 saturated carbocycles. The standard InChI is InChI=1S/C25H28N4O2/c1-2-29(25(30)24-27-21-11-4-5-12-22(21)28-24)19-10-7-9-18(15-19)26-16-20-14-17-8-3-6-13-23(17)31-20/h3-6,8,11-14,18-19,26H,2,7,9-10,15-16H2,1H3,(H,27,28)/t18-,19+/m1/s1. The molecule has 1 fully saturated rings. The minimum Gasteiger partial charge on any atom is -0.460 e. The third-order valence-corrected chi connectivity index (χ3v) is 6.32. The predicted molar refractivity (Wildman–Crippen MR) is 122 cm³/mol. The molecule has 1 aliphatic carbocycles. The topological polar surface area (TPSA) is 74.2 Å². The summed E-state index contributed by atoms with van der Waals surface area (Å²) in [6, 6.07) is 18.5. The van der Waals surface area contributed by atoms with E-state index in [0.29, 0.717) is 25.0 Å². The third kappa shape index (κ3) is 4.08. The Morgan fingerprint density at radius 1 is 1.19 bits per heavy atom. The number of aromatic nitrogens is 2. The Balaban J connectivity index is 1.25. The van der Waals surface area contributed by atoms with Crippen molar-refractivity contribution in [2.24, 2.45) is 0 Å². The highest BCUT2D eigenvalue weighted by Crippen LogP contribution is 2.26. The molecule has 0 spiro atoms. The maximum Gasteiger partial charge on any atom is 0.289 e. The van der Waals surface area contributed by atoms with Crippen LogP contribution in [-0.2, 0) is 6.54 Å². The lowest BCUT2D eigenvalue weighted by molar-refractivity contribution is 0.0616. The first-order valence-corrected chi connectivity index (χ1v) is 11.2. The molecule has 1 amide bonds. The Morgan fingerprint density at radius 3 is 2.87 bits per heavy atom. The van der Waals surface area contributed by atoms with Crippen LogP contribution in [0.4, 0.5) is 0 Å². The minimum atomic E-state index is -0.0124. The number of nitrogens with zero attached hydrogens (tertiary/aromatic N) is 2. The summed E-state index contributed by atoms with van der Waals surface area (Å²) >= 11 is 0. The molecule has 160 valence electrons. The summed E-state index contributed by atoms with van der Waals surface area (Å²) in [5, 5.41) is 4.79. The van der Waals surface area contributed by atoms with Gasteiger partial charge in [-0.1, -0.05) is 30.3 Å². The van der Waals surface area contributed by atoms with Gasteiger partial charge in [-0.2, -0.15) is 0 Å². The average molecular weight is 417 g/mol. The fourth-order valence-electron chi connectivity index (χ4n) is 4.76. The van der Waals surface area contributed by atoms with Gasteiger partial charge < -0.3 is 19.6 Å². The number of amides is 1. The fraction of sp³-hybridized carbons (Fsp3) is 0.360. The molecule has 31 heavy (non-hydrogen) atoms. The van der Waals surface area contributed by atoms with Crippen LogP contribution >= 0.6 is 0 Å². The fourth-order valence-corrected chi connectivity index (χ4v) is 4.76. The van der Waals surface area contributed by atoms with Crippen LogP contribution in [0.15, 0.2) is 59.0 Å². The van der Waals surface area contributed by atoms with E-state index in [-0.39, 0.29) is 11.9 Å². The van der Waals surface area contributed by atoms with E-state index in [1.165, 1.54) is 0 Å². The number of nitrogens with one attached hydrogen (secondary N) is 2. The highest BCUT2D eigenvalue weighted by atomic mass is 16.3. The van der Waals surface area contributed by atoms with Crippen LogP contribution in [0.5, 0.6) is 0 Å². The molecule has 1 aliphatic rings. The molecule has 6 heteroatoms. The van der Waals surface area contributed by atoms with Crippen molar-refractivity contribution in [2.45, 2.75) is 51.2 Å². The van der Waals surface area contributed by atoms with Crippen molar-refractivity contribution in [3.8, 4) is 0 Å². The van der Waals surface area contributed by atoms with Crippen molar-refractivity contribution in [1.82, 2.24) is 20.2 Å². The van der Waals surface area contributed by atoms with Gasteiger partial charge in [-0.3, -0.25) is 4.79 Å². The summed E-state index contributed by atoms with van der Waals surface area (Å²) in [5.41, 5.74) is 2.65. The lowest BCUT2D eigenvalue weighted by atomic mass is 9.89. The predicted octanol–water partition coefficient (Wildman–Crippen LogP) is 4.87. The first kappa shape index (κ1) is 19.8. The zero-order chi connectivity index (χ0) is 21.2. The first-order chi connectivity index (χ1) is 15.2. The number of hydrogen-bond donors (Lipinski definition) is 2. The summed E-state index contributed by atoms with van der Waals surface area (Å²) in [7, 11) is 0. The van der Waals surface area contributed by atoms with Crippen molar-refractivity contribution in [3.63, 3.8) is 0 Å². The number of para-hydroxylation sites is 3. The highest BCUT2D eigenvalue weighted by Gasteiger charge is 2.30. The molecule has 2 heterocycles. The Hall–Kier alpha value is -3.12. The molecular weight excluding hydrogens is 388 g/mol. The van der Waals surface area contributed by atoms with Crippen LogP contribution in [0, 0.1) is 0 Å². The summed E-state index contributed by atoms with van der Waals surface area (Å²) in [5.74, 6) is 1.37. The van der Waals surface area contributed by atoms with Gasteiger partial charge in [0.1, 0.15) is 11.3 Å². The number of benzene rings is 2. The molecule has 2 atom stereocenters. The number of rotatable bonds is 6. The van der Waals surface area contributed by atoms with E-state index >= 15 is 0 Å². The molecule has 0 bridgehead atoms. The van der Waals surface area contributed by atoms with Crippen LogP contribution in [0.25, 0.3) is 22.0 Å². The van der Waals surface area contributed by atoms with Crippen LogP contribution < -0.4 is 5.32 Å². The number of carbonyl (C=O) groups excluding carboxylic acids is 1. The normalized spacial score (nSPS) is 19.1. The summed E-state index contributed by atoms with van der Waals surface area (Å²) in [6.45, 7) is 3.43. The molecule has 2 aromatic carbocycles. The molecule has 5 rings (SSSR count). The first-order valence-electron chi connectivity index (χ1n) is 11.2. The quantitative estimate of drug-likeness (QED) is 0.470. The smallest absolute Gasteiger partial charge is 0.289 e. The minimum absolute atomic E-state index is 0.0124. The van der Waals surface area contributed by atoms with E-state index in [2.05, 4.69) is 27.4 Å². The summed E-state index contributed by atoms with van der Waals surface area (Å²) in [6.07, 6.45) is 4.20. The van der Waals surface area contributed by atoms with E-state index in [0.717, 1.165) is 53.4 Å². The van der Waals surface area contributed by atoms with Gasteiger partial charge in [0.2, 0.25) is 0 Å². The Labute approximate surface area is 181 Å². The van der Waals surface area contributed by atoms with Gasteiger partial charge in [0.05, 0.1) is 17.6 Å². The number of furan rings is 1. The SMILES string of the molecule is CCN(C(=O)c1nc2ccccc2[nH]1)[C@H]1CCC[C@@H](NCc2cc3ccccc3o2)C1. The molecule has 0 aliphatic heterocycles. The van der Waals surface area contributed by atoms with E-state index in [1.807, 2.05) is 54.3 Å². The van der Waals surface area contributed by atoms with Crippen LogP contribution in [0.1, 0.15) is 49.0 Å². The van der Waals surface area contributed by atoms with Crippen LogP contribution in [0.3, 0.4) is 0 Å². The second-order valence-corrected chi connectivity index (χ2v) is 8.34. The molecule has 2 aromatic heterocycles. The van der Waals surface area contributed by atoms with Gasteiger partial charge in [0.25, 0.3) is 5.91 Å². The van der Waals surface area contributed by atoms with Crippen molar-refractivity contribution < 1.29 is 9.21 Å². The van der Waals surface area contributed by atoms with E-state index in [9.17, 15) is 4.79 Å². The van der Waals surface area contributed by atoms with Crippen molar-refractivity contribution >= 4 is 27.9 Å². The molecule has 0 saturated heterocycles. The third-order valence-electron chi connectivity index (χ3n) is 6.32. The van der Waals surface area contributed by atoms with Crippen molar-refractivity contribution in [3.05, 3.63) is 66.2 Å². The summed E-state index contributed by atoms with van der Waals surface area (Å²) < 4.78 is 5.94. The largest absolute Gasteiger partial charge is 0.460 e. The number of H-pyrrole nitrogens is 1. The lowest BCUT2D eigenvalue weighted by Gasteiger charge is -2.37. The van der Waals surface area contributed by atoms with E-state index in [1.54, 1.807) is 0 Å². The van der Waals surface area contributed by atoms with Gasteiger partial charge in [0.15, 0.2) is 5.82 Å². The lowest BCUT2D eigenvalue weighted by Crippen LogP contribution is -2.47. The molecule has 2 N–H and O–H groups in total. The monoisotopic (exact) mass is 416 g/mol. The van der Waals surface area contributed by atoms with Crippen LogP contribution in [-0.4, -0.2) is 39.4 Å². The number of hydrogen-bond acceptors (Lipinski definition) is 4. The second-order valence-electron chi connectivity index (χ2n) is 8.34. The van der Waals surface area contributed by atoms with Gasteiger partial charge in [0, 0.05) is 24.0 Å². The maximum absolute atomic E-state index is 13.2. The van der Waals surface area contributed by atoms with Crippen LogP contribution in [0.2, 0.25) is 0 Å². The Bertz CT molecular complexity index is 1130. The van der Waals surface area contributed by atoms with Gasteiger partial charge in [-0.15, -0.1) is 0 Å². The molecule has 0 radical (unpaired) electrons. The zero-order valence-electron chi connectivity index (χ0n) is 17.8. The van der Waals surface area contributed by atoms with Gasteiger partial charge in [-0.05, 0) is 56.9 Å². The zero-order valence-corrected chi connectivity index (χ0v) is 17.8. The van der Waals surface area contributed by atoms with Gasteiger partial charge in [-0.25, -0.2) is 4.98 Å². The second kappa shape index (κ2) is 8.55. The Morgan fingerprint density at radius 2 is 2.03 bits per heavy atom. The van der Waals surface area contributed by atoms with Gasteiger partial charge >= 0.3 is 0 Å². The average Bonchev–Trinajstić information content (AvgIpc) is 3.42. The highest BCUT2D eigenvalue weighted by molar-refractivity contribution is 5.94. The number of carbonyl (C=O) groups is 1. The van der Waals surface area contributed by atoms with E-state index < -0.39 is 0 Å². The molecule has 0 unspecified atom stereocenters. The number of fused-ring (bicyclic) bond motifs is 2. The summed E-state index contributed by atoms with van der Waals surface area (Å²) in [4.78, 5) is 22.9. The maximum atomic E-state index is 13.2. The van der Waals surface area contributed by atoms with E-state index in [4.69, 9.17) is 4.42 Å². The number of aromatic amines is 1. The Kier molecular flexibility index (Phi) is 5.47. The van der Waals surface area contributed by atoms with Crippen molar-refractivity contribution in [1.29, 1.82) is 0 Å². The van der Waals surface area contributed by atoms with Crippen molar-refractivity contribution in [2.75, 3.05) is 6.54 Å². The molecule has 6 nitrogen and oxygen atoms in total. The molecule has 4 aromatic rings.